The van der Waals surface area contributed by atoms with E-state index in [1.54, 1.807) is 0 Å². The maximum absolute atomic E-state index is 12.5. The van der Waals surface area contributed by atoms with Crippen molar-refractivity contribution < 1.29 is 4.79 Å². The molecule has 94 valence electrons. The van der Waals surface area contributed by atoms with Crippen molar-refractivity contribution in [2.24, 2.45) is 5.92 Å². The van der Waals surface area contributed by atoms with E-state index in [1.807, 2.05) is 6.07 Å². The van der Waals surface area contributed by atoms with E-state index in [0.717, 1.165) is 19.5 Å². The summed E-state index contributed by atoms with van der Waals surface area (Å²) in [7, 11) is 0. The lowest BCUT2D eigenvalue weighted by atomic mass is 9.88. The second-order valence-corrected chi connectivity index (χ2v) is 5.81. The van der Waals surface area contributed by atoms with Crippen molar-refractivity contribution >= 4 is 5.91 Å². The lowest BCUT2D eigenvalue weighted by Gasteiger charge is -2.53. The molecule has 0 radical (unpaired) electrons. The molecule has 2 saturated heterocycles. The van der Waals surface area contributed by atoms with E-state index >= 15 is 0 Å². The van der Waals surface area contributed by atoms with Crippen molar-refractivity contribution in [1.29, 1.82) is 0 Å². The smallest absolute Gasteiger partial charge is 0.226 e. The number of rotatable bonds is 2. The van der Waals surface area contributed by atoms with Gasteiger partial charge >= 0.3 is 0 Å². The number of carbonyl (C=O) groups is 1. The Hall–Kier alpha value is -1.35. The summed E-state index contributed by atoms with van der Waals surface area (Å²) in [6, 6.07) is 11.4. The first-order chi connectivity index (χ1) is 8.84. The Kier molecular flexibility index (Phi) is 2.24. The van der Waals surface area contributed by atoms with Gasteiger partial charge in [0.2, 0.25) is 5.91 Å². The molecule has 18 heavy (non-hydrogen) atoms. The fraction of sp³-hybridized carbons (Fsp3) is 0.533. The zero-order chi connectivity index (χ0) is 12.1. The van der Waals surface area contributed by atoms with E-state index in [1.165, 1.54) is 12.0 Å². The molecule has 0 aromatic heterocycles. The molecule has 1 N–H and O–H groups in total. The molecule has 1 aromatic carbocycles. The summed E-state index contributed by atoms with van der Waals surface area (Å²) in [5.41, 5.74) is 1.33. The normalized spacial score (nSPS) is 37.0. The molecule has 1 saturated carbocycles. The Morgan fingerprint density at radius 1 is 1.11 bits per heavy atom. The van der Waals surface area contributed by atoms with E-state index in [2.05, 4.69) is 34.5 Å². The highest BCUT2D eigenvalue weighted by Gasteiger charge is 2.52. The fourth-order valence-corrected chi connectivity index (χ4v) is 3.57. The molecule has 2 heterocycles. The molecule has 4 rings (SSSR count). The van der Waals surface area contributed by atoms with Crippen molar-refractivity contribution in [3.63, 3.8) is 0 Å². The molecule has 2 unspecified atom stereocenters. The number of carbonyl (C=O) groups excluding carboxylic acids is 1. The second-order valence-electron chi connectivity index (χ2n) is 5.81. The number of nitrogens with zero attached hydrogens (tertiary/aromatic N) is 1. The quantitative estimate of drug-likeness (QED) is 0.849. The van der Waals surface area contributed by atoms with Crippen LogP contribution in [0.3, 0.4) is 0 Å². The van der Waals surface area contributed by atoms with Gasteiger partial charge < -0.3 is 10.2 Å². The molecule has 1 amide bonds. The van der Waals surface area contributed by atoms with Gasteiger partial charge in [-0.2, -0.15) is 0 Å². The number of piperazine rings is 1. The maximum Gasteiger partial charge on any atom is 0.226 e. The molecule has 3 fully saturated rings. The van der Waals surface area contributed by atoms with E-state index in [4.69, 9.17) is 0 Å². The van der Waals surface area contributed by atoms with Gasteiger partial charge in [0.1, 0.15) is 0 Å². The van der Waals surface area contributed by atoms with Crippen LogP contribution in [0.2, 0.25) is 0 Å². The Morgan fingerprint density at radius 3 is 2.50 bits per heavy atom. The van der Waals surface area contributed by atoms with Crippen LogP contribution >= 0.6 is 0 Å². The molecule has 2 bridgehead atoms. The van der Waals surface area contributed by atoms with Gasteiger partial charge in [-0.1, -0.05) is 30.3 Å². The Balaban J connectivity index is 1.46. The summed E-state index contributed by atoms with van der Waals surface area (Å²) in [4.78, 5) is 14.6. The predicted molar refractivity (Wildman–Crippen MR) is 69.2 cm³/mol. The molecule has 3 nitrogen and oxygen atoms in total. The Bertz CT molecular complexity index is 459. The summed E-state index contributed by atoms with van der Waals surface area (Å²) in [5.74, 6) is 1.15. The number of benzene rings is 1. The Labute approximate surface area is 107 Å². The van der Waals surface area contributed by atoms with Crippen molar-refractivity contribution in [3.05, 3.63) is 35.9 Å². The van der Waals surface area contributed by atoms with E-state index in [-0.39, 0.29) is 5.92 Å². The molecule has 0 spiro atoms. The summed E-state index contributed by atoms with van der Waals surface area (Å²) in [6.07, 6.45) is 2.26. The summed E-state index contributed by atoms with van der Waals surface area (Å²) < 4.78 is 0. The zero-order valence-electron chi connectivity index (χ0n) is 10.4. The predicted octanol–water partition coefficient (Wildman–Crippen LogP) is 1.36. The molecule has 3 heteroatoms. The molecule has 4 atom stereocenters. The average molecular weight is 242 g/mol. The summed E-state index contributed by atoms with van der Waals surface area (Å²) >= 11 is 0. The third-order valence-corrected chi connectivity index (χ3v) is 4.68. The van der Waals surface area contributed by atoms with Gasteiger partial charge in [-0.15, -0.1) is 0 Å². The van der Waals surface area contributed by atoms with Gasteiger partial charge in [-0.3, -0.25) is 4.79 Å². The van der Waals surface area contributed by atoms with Gasteiger partial charge in [0.15, 0.2) is 0 Å². The topological polar surface area (TPSA) is 32.3 Å². The minimum atomic E-state index is 0.260. The van der Waals surface area contributed by atoms with Crippen LogP contribution in [-0.2, 0) is 4.79 Å². The van der Waals surface area contributed by atoms with Crippen molar-refractivity contribution in [1.82, 2.24) is 10.2 Å². The van der Waals surface area contributed by atoms with E-state index < -0.39 is 0 Å². The van der Waals surface area contributed by atoms with Crippen LogP contribution in [0, 0.1) is 5.92 Å². The monoisotopic (exact) mass is 242 g/mol. The van der Waals surface area contributed by atoms with Gasteiger partial charge in [-0.05, 0) is 24.3 Å². The fourth-order valence-electron chi connectivity index (χ4n) is 3.57. The lowest BCUT2D eigenvalue weighted by molar-refractivity contribution is -0.149. The Morgan fingerprint density at radius 2 is 1.83 bits per heavy atom. The van der Waals surface area contributed by atoms with Crippen LogP contribution in [0.1, 0.15) is 24.3 Å². The number of piperidine rings is 1. The average Bonchev–Trinajstić information content (AvgIpc) is 3.21. The first kappa shape index (κ1) is 10.6. The minimum Gasteiger partial charge on any atom is -0.334 e. The minimum absolute atomic E-state index is 0.260. The molecule has 3 aliphatic rings. The second kappa shape index (κ2) is 3.82. The molecule has 2 aliphatic heterocycles. The third kappa shape index (κ3) is 1.50. The number of amides is 1. The highest BCUT2D eigenvalue weighted by atomic mass is 16.2. The number of fused-ring (bicyclic) bond motifs is 2. The van der Waals surface area contributed by atoms with Gasteiger partial charge in [0.25, 0.3) is 0 Å². The van der Waals surface area contributed by atoms with Crippen LogP contribution in [0.15, 0.2) is 30.3 Å². The van der Waals surface area contributed by atoms with Gasteiger partial charge in [0.05, 0.1) is 0 Å². The first-order valence-corrected chi connectivity index (χ1v) is 6.92. The van der Waals surface area contributed by atoms with Crippen LogP contribution in [0.4, 0.5) is 0 Å². The third-order valence-electron chi connectivity index (χ3n) is 4.68. The molecular weight excluding hydrogens is 224 g/mol. The molecule has 1 aromatic rings. The van der Waals surface area contributed by atoms with Crippen LogP contribution in [0.25, 0.3) is 0 Å². The van der Waals surface area contributed by atoms with Crippen molar-refractivity contribution in [3.8, 4) is 0 Å². The first-order valence-electron chi connectivity index (χ1n) is 6.92. The molecular formula is C15H18N2O. The van der Waals surface area contributed by atoms with Gasteiger partial charge in [-0.25, -0.2) is 0 Å². The van der Waals surface area contributed by atoms with Crippen LogP contribution in [0.5, 0.6) is 0 Å². The highest BCUT2D eigenvalue weighted by Crippen LogP contribution is 2.50. The molecule has 1 aliphatic carbocycles. The maximum atomic E-state index is 12.5. The zero-order valence-corrected chi connectivity index (χ0v) is 10.4. The van der Waals surface area contributed by atoms with Crippen molar-refractivity contribution in [2.45, 2.75) is 30.8 Å². The number of hydrogen-bond acceptors (Lipinski definition) is 2. The summed E-state index contributed by atoms with van der Waals surface area (Å²) in [6.45, 7) is 1.98. The van der Waals surface area contributed by atoms with Gasteiger partial charge in [0, 0.05) is 31.1 Å². The van der Waals surface area contributed by atoms with E-state index in [0.29, 0.717) is 23.9 Å². The summed E-state index contributed by atoms with van der Waals surface area (Å²) in [5, 5.41) is 3.38. The largest absolute Gasteiger partial charge is 0.334 e. The van der Waals surface area contributed by atoms with Crippen LogP contribution in [-0.4, -0.2) is 36.0 Å². The van der Waals surface area contributed by atoms with Crippen LogP contribution < -0.4 is 5.32 Å². The lowest BCUT2D eigenvalue weighted by Crippen LogP contribution is -2.69. The highest BCUT2D eigenvalue weighted by molar-refractivity contribution is 5.84. The number of hydrogen-bond donors (Lipinski definition) is 1. The standard InChI is InChI=1S/C15H18N2O/c18-15(17-11-6-12(17)9-16-8-11)14-7-13(14)10-4-2-1-3-5-10/h1-5,11-14,16H,6-9H2/t11?,12?,13-,14+/m0/s1. The van der Waals surface area contributed by atoms with E-state index in [9.17, 15) is 4.79 Å². The SMILES string of the molecule is O=C([C@@H]1C[C@H]1c1ccccc1)N1C2CNCC1C2. The van der Waals surface area contributed by atoms with Crippen molar-refractivity contribution in [2.75, 3.05) is 13.1 Å². The number of nitrogens with one attached hydrogen (secondary N) is 1.